The van der Waals surface area contributed by atoms with E-state index in [0.29, 0.717) is 19.0 Å². The van der Waals surface area contributed by atoms with Gasteiger partial charge in [-0.25, -0.2) is 0 Å². The summed E-state index contributed by atoms with van der Waals surface area (Å²) in [6.07, 6.45) is 1.95. The van der Waals surface area contributed by atoms with Crippen molar-refractivity contribution in [2.45, 2.75) is 19.8 Å². The first kappa shape index (κ1) is 12.5. The second-order valence-electron chi connectivity index (χ2n) is 3.32. The highest BCUT2D eigenvalue weighted by Crippen LogP contribution is 2.05. The van der Waals surface area contributed by atoms with Gasteiger partial charge in [0.1, 0.15) is 0 Å². The fourth-order valence-electron chi connectivity index (χ4n) is 1.00. The van der Waals surface area contributed by atoms with Crippen LogP contribution in [0.1, 0.15) is 19.8 Å². The van der Waals surface area contributed by atoms with Crippen LogP contribution in [0.15, 0.2) is 9.98 Å². The molecule has 82 valence electrons. The minimum atomic E-state index is 0.140. The Morgan fingerprint density at radius 3 is 2.14 bits per heavy atom. The fraction of sp³-hybridized carbons (Fsp3) is 0.750. The van der Waals surface area contributed by atoms with Gasteiger partial charge in [0.25, 0.3) is 0 Å². The molecule has 0 fully saturated rings. The van der Waals surface area contributed by atoms with Gasteiger partial charge in [-0.3, -0.25) is 9.98 Å². The summed E-state index contributed by atoms with van der Waals surface area (Å²) in [5.41, 5.74) is 20.8. The zero-order chi connectivity index (χ0) is 11.0. The zero-order valence-electron chi connectivity index (χ0n) is 8.61. The molecule has 6 heteroatoms. The van der Waals surface area contributed by atoms with Gasteiger partial charge >= 0.3 is 0 Å². The molecule has 0 aliphatic carbocycles. The first-order chi connectivity index (χ1) is 6.52. The predicted octanol–water partition coefficient (Wildman–Crippen LogP) is -1.05. The lowest BCUT2D eigenvalue weighted by Gasteiger charge is -2.06. The van der Waals surface area contributed by atoms with E-state index in [2.05, 4.69) is 16.9 Å². The van der Waals surface area contributed by atoms with Gasteiger partial charge in [-0.1, -0.05) is 6.92 Å². The highest BCUT2D eigenvalue weighted by Gasteiger charge is 2.00. The van der Waals surface area contributed by atoms with Crippen LogP contribution < -0.4 is 22.9 Å². The molecule has 1 unspecified atom stereocenters. The van der Waals surface area contributed by atoms with Crippen molar-refractivity contribution in [3.05, 3.63) is 0 Å². The van der Waals surface area contributed by atoms with E-state index < -0.39 is 0 Å². The molecular weight excluding hydrogens is 180 g/mol. The van der Waals surface area contributed by atoms with Crippen molar-refractivity contribution in [2.24, 2.45) is 38.8 Å². The highest BCUT2D eigenvalue weighted by atomic mass is 15.0. The van der Waals surface area contributed by atoms with Crippen molar-refractivity contribution < 1.29 is 0 Å². The Hall–Kier alpha value is -1.46. The van der Waals surface area contributed by atoms with Crippen LogP contribution in [0, 0.1) is 5.92 Å². The molecule has 0 saturated carbocycles. The second kappa shape index (κ2) is 6.99. The van der Waals surface area contributed by atoms with Crippen LogP contribution in [0.5, 0.6) is 0 Å². The molecule has 0 aromatic carbocycles. The van der Waals surface area contributed by atoms with Crippen molar-refractivity contribution in [3.8, 4) is 0 Å². The molecule has 0 aliphatic heterocycles. The summed E-state index contributed by atoms with van der Waals surface area (Å²) in [6, 6.07) is 0. The summed E-state index contributed by atoms with van der Waals surface area (Å²) in [5.74, 6) is 0.731. The van der Waals surface area contributed by atoms with E-state index in [0.717, 1.165) is 12.8 Å². The van der Waals surface area contributed by atoms with Crippen molar-refractivity contribution in [3.63, 3.8) is 0 Å². The van der Waals surface area contributed by atoms with E-state index in [9.17, 15) is 0 Å². The van der Waals surface area contributed by atoms with Gasteiger partial charge in [-0.2, -0.15) is 0 Å². The molecule has 0 aromatic heterocycles. The monoisotopic (exact) mass is 200 g/mol. The summed E-state index contributed by atoms with van der Waals surface area (Å²) in [5, 5.41) is 0. The Morgan fingerprint density at radius 1 is 1.07 bits per heavy atom. The topological polar surface area (TPSA) is 129 Å². The zero-order valence-corrected chi connectivity index (χ0v) is 8.61. The predicted molar refractivity (Wildman–Crippen MR) is 59.8 cm³/mol. The standard InChI is InChI=1S/C8H20N6/c1-6(5-14-8(11)12)3-2-4-13-7(9)10/h6H,2-5H2,1H3,(H4,9,10,13)(H4,11,12,14). The quantitative estimate of drug-likeness (QED) is 0.247. The molecule has 6 nitrogen and oxygen atoms in total. The minimum Gasteiger partial charge on any atom is -0.370 e. The van der Waals surface area contributed by atoms with Gasteiger partial charge in [0, 0.05) is 13.1 Å². The smallest absolute Gasteiger partial charge is 0.185 e. The van der Waals surface area contributed by atoms with Gasteiger partial charge in [0.15, 0.2) is 11.9 Å². The maximum Gasteiger partial charge on any atom is 0.185 e. The average molecular weight is 200 g/mol. The number of nitrogens with two attached hydrogens (primary N) is 4. The van der Waals surface area contributed by atoms with Gasteiger partial charge in [0.05, 0.1) is 0 Å². The van der Waals surface area contributed by atoms with Crippen LogP contribution in [0.2, 0.25) is 0 Å². The molecule has 0 heterocycles. The van der Waals surface area contributed by atoms with Crippen molar-refractivity contribution in [2.75, 3.05) is 13.1 Å². The molecule has 0 amide bonds. The molecule has 8 N–H and O–H groups in total. The molecular formula is C8H20N6. The molecule has 0 spiro atoms. The van der Waals surface area contributed by atoms with Gasteiger partial charge in [-0.05, 0) is 18.8 Å². The van der Waals surface area contributed by atoms with Gasteiger partial charge < -0.3 is 22.9 Å². The lowest BCUT2D eigenvalue weighted by molar-refractivity contribution is 0.526. The van der Waals surface area contributed by atoms with E-state index in [1.807, 2.05) is 0 Å². The third-order valence-corrected chi connectivity index (χ3v) is 1.73. The summed E-state index contributed by atoms with van der Waals surface area (Å²) in [4.78, 5) is 7.80. The number of hydrogen-bond donors (Lipinski definition) is 4. The Labute approximate surface area is 84.4 Å². The summed E-state index contributed by atoms with van der Waals surface area (Å²) in [7, 11) is 0. The van der Waals surface area contributed by atoms with Crippen molar-refractivity contribution >= 4 is 11.9 Å². The maximum absolute atomic E-state index is 5.21. The van der Waals surface area contributed by atoms with Crippen LogP contribution in [-0.4, -0.2) is 25.0 Å². The van der Waals surface area contributed by atoms with Crippen LogP contribution in [-0.2, 0) is 0 Å². The molecule has 0 radical (unpaired) electrons. The Kier molecular flexibility index (Phi) is 6.26. The van der Waals surface area contributed by atoms with Crippen LogP contribution >= 0.6 is 0 Å². The Bertz CT molecular complexity index is 202. The highest BCUT2D eigenvalue weighted by molar-refractivity contribution is 5.75. The number of hydrogen-bond acceptors (Lipinski definition) is 2. The number of rotatable bonds is 6. The molecule has 0 aliphatic rings. The van der Waals surface area contributed by atoms with E-state index >= 15 is 0 Å². The molecule has 0 rings (SSSR count). The SMILES string of the molecule is CC(CCCN=C(N)N)CN=C(N)N. The molecule has 1 atom stereocenters. The second-order valence-corrected chi connectivity index (χ2v) is 3.32. The minimum absolute atomic E-state index is 0.140. The van der Waals surface area contributed by atoms with E-state index in [-0.39, 0.29) is 11.9 Å². The molecule has 0 aromatic rings. The van der Waals surface area contributed by atoms with Crippen molar-refractivity contribution in [1.82, 2.24) is 0 Å². The third-order valence-electron chi connectivity index (χ3n) is 1.73. The number of guanidine groups is 2. The Morgan fingerprint density at radius 2 is 1.64 bits per heavy atom. The summed E-state index contributed by atoms with van der Waals surface area (Å²) >= 11 is 0. The van der Waals surface area contributed by atoms with Crippen LogP contribution in [0.25, 0.3) is 0 Å². The number of nitrogens with zero attached hydrogens (tertiary/aromatic N) is 2. The first-order valence-electron chi connectivity index (χ1n) is 4.63. The third kappa shape index (κ3) is 8.63. The van der Waals surface area contributed by atoms with Crippen LogP contribution in [0.3, 0.4) is 0 Å². The largest absolute Gasteiger partial charge is 0.370 e. The van der Waals surface area contributed by atoms with Gasteiger partial charge in [0.2, 0.25) is 0 Å². The normalized spacial score (nSPS) is 11.8. The molecule has 14 heavy (non-hydrogen) atoms. The van der Waals surface area contributed by atoms with E-state index in [1.165, 1.54) is 0 Å². The van der Waals surface area contributed by atoms with E-state index in [1.54, 1.807) is 0 Å². The van der Waals surface area contributed by atoms with E-state index in [4.69, 9.17) is 22.9 Å². The first-order valence-corrected chi connectivity index (χ1v) is 4.63. The van der Waals surface area contributed by atoms with Crippen molar-refractivity contribution in [1.29, 1.82) is 0 Å². The summed E-state index contributed by atoms with van der Waals surface area (Å²) < 4.78 is 0. The van der Waals surface area contributed by atoms with Crippen LogP contribution in [0.4, 0.5) is 0 Å². The molecule has 0 bridgehead atoms. The maximum atomic E-state index is 5.21. The summed E-state index contributed by atoms with van der Waals surface area (Å²) in [6.45, 7) is 3.40. The lowest BCUT2D eigenvalue weighted by atomic mass is 10.1. The molecule has 0 saturated heterocycles. The Balaban J connectivity index is 3.50. The van der Waals surface area contributed by atoms with Gasteiger partial charge in [-0.15, -0.1) is 0 Å². The lowest BCUT2D eigenvalue weighted by Crippen LogP contribution is -2.24. The fourth-order valence-corrected chi connectivity index (χ4v) is 1.00. The number of aliphatic imine (C=N–C) groups is 2. The average Bonchev–Trinajstić information content (AvgIpc) is 2.08.